The second-order valence-electron chi connectivity index (χ2n) is 8.70. The van der Waals surface area contributed by atoms with E-state index in [9.17, 15) is 9.59 Å². The molecule has 1 N–H and O–H groups in total. The van der Waals surface area contributed by atoms with E-state index in [0.29, 0.717) is 23.8 Å². The minimum Gasteiger partial charge on any atom is -0.376 e. The molecule has 1 saturated heterocycles. The number of carbonyl (C=O) groups excluding carboxylic acids is 1. The number of aromatic nitrogens is 2. The van der Waals surface area contributed by atoms with Gasteiger partial charge in [0.1, 0.15) is 4.83 Å². The van der Waals surface area contributed by atoms with Crippen LogP contribution in [0.25, 0.3) is 10.2 Å². The fourth-order valence-corrected chi connectivity index (χ4v) is 6.72. The number of nitrogens with one attached hydrogen (secondary N) is 1. The van der Waals surface area contributed by atoms with Gasteiger partial charge in [-0.15, -0.1) is 11.3 Å². The lowest BCUT2D eigenvalue weighted by atomic mass is 9.97. The summed E-state index contributed by atoms with van der Waals surface area (Å²) in [6.07, 6.45) is 6.49. The van der Waals surface area contributed by atoms with Crippen molar-refractivity contribution in [3.63, 3.8) is 0 Å². The molecule has 1 amide bonds. The Morgan fingerprint density at radius 2 is 2.09 bits per heavy atom. The SMILES string of the molecule is N#CCc1ccc(NC(=O)CSc2nc3sc4c(c3c(=O)n2C[C@@H]2CCCO2)CCCC4)cc1. The molecule has 0 saturated carbocycles. The third-order valence-corrected chi connectivity index (χ3v) is 8.47. The zero-order valence-corrected chi connectivity index (χ0v) is 20.5. The first-order valence-electron chi connectivity index (χ1n) is 11.7. The Hall–Kier alpha value is -2.67. The van der Waals surface area contributed by atoms with Gasteiger partial charge in [-0.05, 0) is 61.8 Å². The molecule has 0 spiro atoms. The van der Waals surface area contributed by atoms with Gasteiger partial charge in [-0.2, -0.15) is 5.26 Å². The van der Waals surface area contributed by atoms with Gasteiger partial charge in [-0.25, -0.2) is 4.98 Å². The first-order chi connectivity index (χ1) is 16.6. The second-order valence-corrected chi connectivity index (χ2v) is 10.7. The molecule has 1 aliphatic heterocycles. The van der Waals surface area contributed by atoms with Gasteiger partial charge in [-0.3, -0.25) is 14.2 Å². The fraction of sp³-hybridized carbons (Fsp3) is 0.440. The van der Waals surface area contributed by atoms with E-state index in [1.54, 1.807) is 28.0 Å². The van der Waals surface area contributed by atoms with Gasteiger partial charge in [0.05, 0.1) is 36.3 Å². The third kappa shape index (κ3) is 4.90. The molecule has 1 aliphatic carbocycles. The lowest BCUT2D eigenvalue weighted by Crippen LogP contribution is -2.29. The quantitative estimate of drug-likeness (QED) is 0.388. The summed E-state index contributed by atoms with van der Waals surface area (Å²) in [6, 6.07) is 9.37. The number of rotatable bonds is 7. The lowest BCUT2D eigenvalue weighted by molar-refractivity contribution is -0.113. The van der Waals surface area contributed by atoms with Gasteiger partial charge >= 0.3 is 0 Å². The molecule has 1 atom stereocenters. The highest BCUT2D eigenvalue weighted by atomic mass is 32.2. The summed E-state index contributed by atoms with van der Waals surface area (Å²) in [5.74, 6) is -0.0179. The summed E-state index contributed by atoms with van der Waals surface area (Å²) in [4.78, 5) is 33.2. The van der Waals surface area contributed by atoms with E-state index in [-0.39, 0.29) is 23.3 Å². The Morgan fingerprint density at radius 1 is 1.26 bits per heavy atom. The van der Waals surface area contributed by atoms with Crippen LogP contribution in [-0.2, 0) is 35.3 Å². The van der Waals surface area contributed by atoms with Gasteiger partial charge in [0.25, 0.3) is 5.56 Å². The van der Waals surface area contributed by atoms with Gasteiger partial charge in [0, 0.05) is 17.2 Å². The minimum atomic E-state index is -0.165. The van der Waals surface area contributed by atoms with Crippen LogP contribution in [0.5, 0.6) is 0 Å². The smallest absolute Gasteiger partial charge is 0.263 e. The average Bonchev–Trinajstić information content (AvgIpc) is 3.49. The molecule has 176 valence electrons. The summed E-state index contributed by atoms with van der Waals surface area (Å²) in [5.41, 5.74) is 2.76. The van der Waals surface area contributed by atoms with Crippen molar-refractivity contribution in [2.45, 2.75) is 62.8 Å². The molecule has 0 bridgehead atoms. The Morgan fingerprint density at radius 3 is 2.85 bits per heavy atom. The van der Waals surface area contributed by atoms with E-state index < -0.39 is 0 Å². The number of nitriles is 1. The molecule has 1 fully saturated rings. The second kappa shape index (κ2) is 10.3. The van der Waals surface area contributed by atoms with Crippen LogP contribution in [0, 0.1) is 11.3 Å². The first kappa shape index (κ1) is 23.1. The summed E-state index contributed by atoms with van der Waals surface area (Å²) in [5, 5.41) is 13.0. The van der Waals surface area contributed by atoms with Crippen LogP contribution < -0.4 is 10.9 Å². The monoisotopic (exact) mass is 494 g/mol. The Bertz CT molecular complexity index is 1300. The van der Waals surface area contributed by atoms with Crippen molar-refractivity contribution in [2.75, 3.05) is 17.7 Å². The Kier molecular flexibility index (Phi) is 6.99. The molecule has 5 rings (SSSR count). The van der Waals surface area contributed by atoms with Crippen molar-refractivity contribution in [1.82, 2.24) is 9.55 Å². The highest BCUT2D eigenvalue weighted by Crippen LogP contribution is 2.35. The van der Waals surface area contributed by atoms with Crippen LogP contribution in [0.4, 0.5) is 5.69 Å². The largest absolute Gasteiger partial charge is 0.376 e. The fourth-order valence-electron chi connectivity index (χ4n) is 4.61. The number of hydrogen-bond acceptors (Lipinski definition) is 7. The number of aryl methyl sites for hydroxylation is 2. The van der Waals surface area contributed by atoms with Crippen LogP contribution in [0.2, 0.25) is 0 Å². The Labute approximate surface area is 206 Å². The topological polar surface area (TPSA) is 97.0 Å². The maximum Gasteiger partial charge on any atom is 0.263 e. The number of benzene rings is 1. The van der Waals surface area contributed by atoms with E-state index in [4.69, 9.17) is 15.0 Å². The van der Waals surface area contributed by atoms with Crippen LogP contribution in [-0.4, -0.2) is 33.9 Å². The van der Waals surface area contributed by atoms with E-state index in [2.05, 4.69) is 11.4 Å². The Balaban J connectivity index is 1.38. The summed E-state index contributed by atoms with van der Waals surface area (Å²) in [7, 11) is 0. The van der Waals surface area contributed by atoms with Crippen molar-refractivity contribution in [3.05, 3.63) is 50.6 Å². The third-order valence-electron chi connectivity index (χ3n) is 6.30. The van der Waals surface area contributed by atoms with Crippen LogP contribution in [0.3, 0.4) is 0 Å². The molecule has 3 aromatic rings. The average molecular weight is 495 g/mol. The summed E-state index contributed by atoms with van der Waals surface area (Å²) in [6.45, 7) is 1.19. The minimum absolute atomic E-state index is 0.00381. The highest BCUT2D eigenvalue weighted by Gasteiger charge is 2.25. The van der Waals surface area contributed by atoms with Crippen LogP contribution >= 0.6 is 23.1 Å². The van der Waals surface area contributed by atoms with E-state index in [0.717, 1.165) is 60.9 Å². The molecule has 2 aromatic heterocycles. The van der Waals surface area contributed by atoms with Crippen molar-refractivity contribution in [2.24, 2.45) is 0 Å². The first-order valence-corrected chi connectivity index (χ1v) is 13.5. The highest BCUT2D eigenvalue weighted by molar-refractivity contribution is 7.99. The van der Waals surface area contributed by atoms with E-state index in [1.165, 1.54) is 22.2 Å². The van der Waals surface area contributed by atoms with Crippen LogP contribution in [0.1, 0.15) is 41.7 Å². The van der Waals surface area contributed by atoms with Crippen LogP contribution in [0.15, 0.2) is 34.2 Å². The molecule has 1 aromatic carbocycles. The molecule has 34 heavy (non-hydrogen) atoms. The van der Waals surface area contributed by atoms with Gasteiger partial charge in [-0.1, -0.05) is 23.9 Å². The predicted octanol–water partition coefficient (Wildman–Crippen LogP) is 4.31. The van der Waals surface area contributed by atoms with E-state index >= 15 is 0 Å². The normalized spacial score (nSPS) is 17.4. The molecule has 2 aliphatic rings. The molecular formula is C25H26N4O3S2. The number of anilines is 1. The zero-order valence-electron chi connectivity index (χ0n) is 18.8. The number of fused-ring (bicyclic) bond motifs is 3. The predicted molar refractivity (Wildman–Crippen MR) is 135 cm³/mol. The molecule has 9 heteroatoms. The zero-order chi connectivity index (χ0) is 23.5. The van der Waals surface area contributed by atoms with E-state index in [1.807, 2.05) is 12.1 Å². The number of hydrogen-bond donors (Lipinski definition) is 1. The summed E-state index contributed by atoms with van der Waals surface area (Å²) < 4.78 is 7.54. The maximum atomic E-state index is 13.6. The van der Waals surface area contributed by atoms with Gasteiger partial charge < -0.3 is 10.1 Å². The number of nitrogens with zero attached hydrogens (tertiary/aromatic N) is 3. The summed E-state index contributed by atoms with van der Waals surface area (Å²) >= 11 is 2.92. The molecule has 3 heterocycles. The number of carbonyl (C=O) groups is 1. The molecular weight excluding hydrogens is 468 g/mol. The van der Waals surface area contributed by atoms with Crippen molar-refractivity contribution in [1.29, 1.82) is 5.26 Å². The molecule has 7 nitrogen and oxygen atoms in total. The lowest BCUT2D eigenvalue weighted by Gasteiger charge is -2.16. The van der Waals surface area contributed by atoms with Gasteiger partial charge in [0.2, 0.25) is 5.91 Å². The molecule has 0 radical (unpaired) electrons. The van der Waals surface area contributed by atoms with Crippen molar-refractivity contribution >= 4 is 44.9 Å². The number of thiophene rings is 1. The number of thioether (sulfide) groups is 1. The molecule has 0 unspecified atom stereocenters. The maximum absolute atomic E-state index is 13.6. The van der Waals surface area contributed by atoms with Crippen molar-refractivity contribution < 1.29 is 9.53 Å². The number of ether oxygens (including phenoxy) is 1. The van der Waals surface area contributed by atoms with Gasteiger partial charge in [0.15, 0.2) is 5.16 Å². The standard InChI is InChI=1S/C25H26N4O3S2/c26-12-11-16-7-9-17(10-8-16)27-21(30)15-33-25-28-23-22(19-5-1-2-6-20(19)34-23)24(31)29(25)14-18-4-3-13-32-18/h7-10,18H,1-6,11,13-15H2,(H,27,30)/t18-/m0/s1. The van der Waals surface area contributed by atoms with Crippen molar-refractivity contribution in [3.8, 4) is 6.07 Å². The number of amides is 1.